The van der Waals surface area contributed by atoms with Crippen molar-refractivity contribution in [1.29, 1.82) is 0 Å². The molecule has 0 atom stereocenters. The van der Waals surface area contributed by atoms with Crippen molar-refractivity contribution in [2.24, 2.45) is 0 Å². The van der Waals surface area contributed by atoms with E-state index in [1.54, 1.807) is 35.2 Å². The van der Waals surface area contributed by atoms with Crippen LogP contribution in [0.1, 0.15) is 32.7 Å². The van der Waals surface area contributed by atoms with E-state index < -0.39 is 5.97 Å². The van der Waals surface area contributed by atoms with Crippen molar-refractivity contribution in [3.05, 3.63) is 65.2 Å². The normalized spacial score (nSPS) is 13.6. The molecule has 1 aliphatic heterocycles. The van der Waals surface area contributed by atoms with E-state index in [0.717, 1.165) is 24.1 Å². The summed E-state index contributed by atoms with van der Waals surface area (Å²) in [6, 6.07) is 14.1. The van der Waals surface area contributed by atoms with Crippen LogP contribution in [0.4, 0.5) is 5.69 Å². The van der Waals surface area contributed by atoms with Gasteiger partial charge in [-0.1, -0.05) is 18.2 Å². The zero-order chi connectivity index (χ0) is 14.8. The molecule has 0 fully saturated rings. The van der Waals surface area contributed by atoms with Crippen molar-refractivity contribution in [1.82, 2.24) is 0 Å². The molecule has 0 saturated carbocycles. The Kier molecular flexibility index (Phi) is 3.44. The number of rotatable bonds is 2. The molecule has 2 aromatic carbocycles. The van der Waals surface area contributed by atoms with Gasteiger partial charge in [0.2, 0.25) is 0 Å². The Morgan fingerprint density at radius 3 is 2.48 bits per heavy atom. The summed E-state index contributed by atoms with van der Waals surface area (Å²) in [6.45, 7) is 0.660. The van der Waals surface area contributed by atoms with Gasteiger partial charge in [0.15, 0.2) is 0 Å². The third-order valence-electron chi connectivity index (χ3n) is 3.71. The first-order chi connectivity index (χ1) is 10.2. The molecule has 0 saturated heterocycles. The molecule has 4 heteroatoms. The Morgan fingerprint density at radius 2 is 1.76 bits per heavy atom. The molecule has 106 valence electrons. The van der Waals surface area contributed by atoms with Gasteiger partial charge in [0.05, 0.1) is 5.56 Å². The van der Waals surface area contributed by atoms with E-state index in [-0.39, 0.29) is 11.5 Å². The molecule has 0 radical (unpaired) electrons. The van der Waals surface area contributed by atoms with E-state index in [4.69, 9.17) is 5.11 Å². The smallest absolute Gasteiger partial charge is 0.335 e. The van der Waals surface area contributed by atoms with Crippen molar-refractivity contribution in [2.45, 2.75) is 12.8 Å². The summed E-state index contributed by atoms with van der Waals surface area (Å²) in [7, 11) is 0. The number of hydrogen-bond donors (Lipinski definition) is 1. The number of aryl methyl sites for hydroxylation is 1. The van der Waals surface area contributed by atoms with Crippen LogP contribution < -0.4 is 4.90 Å². The van der Waals surface area contributed by atoms with Gasteiger partial charge in [-0.25, -0.2) is 4.79 Å². The van der Waals surface area contributed by atoms with Gasteiger partial charge in [-0.15, -0.1) is 0 Å². The maximum atomic E-state index is 12.6. The lowest BCUT2D eigenvalue weighted by molar-refractivity contribution is 0.0696. The minimum atomic E-state index is -0.940. The van der Waals surface area contributed by atoms with Crippen LogP contribution in [0, 0.1) is 0 Å². The quantitative estimate of drug-likeness (QED) is 0.920. The second-order valence-electron chi connectivity index (χ2n) is 5.08. The Hall–Kier alpha value is -2.62. The molecule has 0 aromatic heterocycles. The number of anilines is 1. The van der Waals surface area contributed by atoms with Gasteiger partial charge in [0.25, 0.3) is 5.91 Å². The van der Waals surface area contributed by atoms with Crippen molar-refractivity contribution in [3.8, 4) is 0 Å². The Balaban J connectivity index is 1.97. The molecule has 1 amide bonds. The second-order valence-corrected chi connectivity index (χ2v) is 5.08. The summed E-state index contributed by atoms with van der Waals surface area (Å²) in [6.07, 6.45) is 1.64. The molecule has 2 aromatic rings. The fraction of sp³-hybridized carbons (Fsp3) is 0.176. The van der Waals surface area contributed by atoms with Crippen LogP contribution in [0.2, 0.25) is 0 Å². The van der Waals surface area contributed by atoms with Crippen LogP contribution >= 0.6 is 0 Å². The van der Waals surface area contributed by atoms with Crippen LogP contribution in [0.25, 0.3) is 0 Å². The zero-order valence-corrected chi connectivity index (χ0v) is 11.5. The van der Waals surface area contributed by atoms with Crippen molar-refractivity contribution < 1.29 is 14.7 Å². The zero-order valence-electron chi connectivity index (χ0n) is 11.5. The summed E-state index contributed by atoms with van der Waals surface area (Å²) in [5, 5.41) is 9.06. The van der Waals surface area contributed by atoms with Crippen LogP contribution in [0.3, 0.4) is 0 Å². The molecular weight excluding hydrogens is 266 g/mol. The van der Waals surface area contributed by atoms with Crippen LogP contribution in [-0.2, 0) is 6.42 Å². The van der Waals surface area contributed by atoms with Gasteiger partial charge in [-0.2, -0.15) is 0 Å². The lowest BCUT2D eigenvalue weighted by atomic mass is 9.98. The van der Waals surface area contributed by atoms with E-state index in [9.17, 15) is 9.59 Å². The molecule has 0 spiro atoms. The van der Waals surface area contributed by atoms with Crippen molar-refractivity contribution >= 4 is 17.6 Å². The van der Waals surface area contributed by atoms with Gasteiger partial charge in [-0.05, 0) is 48.7 Å². The van der Waals surface area contributed by atoms with Gasteiger partial charge < -0.3 is 10.0 Å². The number of fused-ring (bicyclic) bond motifs is 1. The van der Waals surface area contributed by atoms with Gasteiger partial charge >= 0.3 is 5.97 Å². The minimum Gasteiger partial charge on any atom is -0.478 e. The molecule has 21 heavy (non-hydrogen) atoms. The highest BCUT2D eigenvalue weighted by Crippen LogP contribution is 2.29. The maximum absolute atomic E-state index is 12.6. The third-order valence-corrected chi connectivity index (χ3v) is 3.71. The van der Waals surface area contributed by atoms with E-state index >= 15 is 0 Å². The number of amides is 1. The number of aromatic carboxylic acids is 1. The number of carbonyl (C=O) groups excluding carboxylic acids is 1. The van der Waals surface area contributed by atoms with Crippen molar-refractivity contribution in [2.75, 3.05) is 11.4 Å². The van der Waals surface area contributed by atoms with Crippen LogP contribution in [-0.4, -0.2) is 23.5 Å². The molecule has 3 rings (SSSR count). The molecule has 1 N–H and O–H groups in total. The monoisotopic (exact) mass is 281 g/mol. The molecule has 1 aliphatic rings. The highest BCUT2D eigenvalue weighted by Gasteiger charge is 2.24. The van der Waals surface area contributed by atoms with Crippen molar-refractivity contribution in [3.63, 3.8) is 0 Å². The third kappa shape index (κ3) is 2.52. The number of carboxylic acids is 1. The fourth-order valence-electron chi connectivity index (χ4n) is 2.68. The van der Waals surface area contributed by atoms with Gasteiger partial charge in [0.1, 0.15) is 0 Å². The molecule has 0 bridgehead atoms. The first kappa shape index (κ1) is 13.4. The van der Waals surface area contributed by atoms with Crippen LogP contribution in [0.5, 0.6) is 0 Å². The number of hydrogen-bond acceptors (Lipinski definition) is 2. The molecule has 0 aliphatic carbocycles. The predicted octanol–water partition coefficient (Wildman–Crippen LogP) is 2.98. The van der Waals surface area contributed by atoms with Gasteiger partial charge in [-0.3, -0.25) is 4.79 Å². The molecular formula is C17H15NO3. The summed E-state index contributed by atoms with van der Waals surface area (Å²) in [5.74, 6) is -0.982. The maximum Gasteiger partial charge on any atom is 0.335 e. The summed E-state index contributed by atoms with van der Waals surface area (Å²) >= 11 is 0. The second kappa shape index (κ2) is 5.40. The largest absolute Gasteiger partial charge is 0.478 e. The SMILES string of the molecule is O=C(O)c1ccc2c(c1)CCCN2C(=O)c1ccccc1. The summed E-state index contributed by atoms with van der Waals surface area (Å²) < 4.78 is 0. The van der Waals surface area contributed by atoms with Crippen LogP contribution in [0.15, 0.2) is 48.5 Å². The van der Waals surface area contributed by atoms with E-state index in [0.29, 0.717) is 12.1 Å². The fourth-order valence-corrected chi connectivity index (χ4v) is 2.68. The average molecular weight is 281 g/mol. The number of carbonyl (C=O) groups is 2. The highest BCUT2D eigenvalue weighted by molar-refractivity contribution is 6.07. The Labute approximate surface area is 122 Å². The lowest BCUT2D eigenvalue weighted by Gasteiger charge is -2.29. The van der Waals surface area contributed by atoms with E-state index in [2.05, 4.69) is 0 Å². The number of nitrogens with zero attached hydrogens (tertiary/aromatic N) is 1. The Bertz CT molecular complexity index is 694. The highest BCUT2D eigenvalue weighted by atomic mass is 16.4. The molecule has 1 heterocycles. The summed E-state index contributed by atoms with van der Waals surface area (Å²) in [5.41, 5.74) is 2.65. The topological polar surface area (TPSA) is 57.6 Å². The van der Waals surface area contributed by atoms with E-state index in [1.807, 2.05) is 18.2 Å². The first-order valence-corrected chi connectivity index (χ1v) is 6.90. The Morgan fingerprint density at radius 1 is 1.00 bits per heavy atom. The summed E-state index contributed by atoms with van der Waals surface area (Å²) in [4.78, 5) is 25.4. The number of carboxylic acid groups (broad SMARTS) is 1. The predicted molar refractivity (Wildman–Crippen MR) is 79.8 cm³/mol. The van der Waals surface area contributed by atoms with E-state index in [1.165, 1.54) is 0 Å². The minimum absolute atomic E-state index is 0.0420. The lowest BCUT2D eigenvalue weighted by Crippen LogP contribution is -2.35. The number of benzene rings is 2. The average Bonchev–Trinajstić information content (AvgIpc) is 2.54. The molecule has 4 nitrogen and oxygen atoms in total. The first-order valence-electron chi connectivity index (χ1n) is 6.90. The molecule has 0 unspecified atom stereocenters. The van der Waals surface area contributed by atoms with Gasteiger partial charge in [0, 0.05) is 17.8 Å². The standard InChI is InChI=1S/C17H15NO3/c19-16(12-5-2-1-3-6-12)18-10-4-7-13-11-14(17(20)21)8-9-15(13)18/h1-3,5-6,8-9,11H,4,7,10H2,(H,20,21).